The summed E-state index contributed by atoms with van der Waals surface area (Å²) in [6.07, 6.45) is -3.00. The lowest BCUT2D eigenvalue weighted by molar-refractivity contribution is -0.172. The number of hydrogen-bond donors (Lipinski definition) is 2. The van der Waals surface area contributed by atoms with E-state index < -0.39 is 24.0 Å². The van der Waals surface area contributed by atoms with Gasteiger partial charge in [0, 0.05) is 13.1 Å². The molecule has 8 heteroatoms. The lowest BCUT2D eigenvalue weighted by Crippen LogP contribution is -2.55. The van der Waals surface area contributed by atoms with Gasteiger partial charge in [-0.3, -0.25) is 9.59 Å². The third-order valence-electron chi connectivity index (χ3n) is 4.68. The number of nitrogens with zero attached hydrogens (tertiary/aromatic N) is 1. The Labute approximate surface area is 134 Å². The largest absolute Gasteiger partial charge is 0.408 e. The van der Waals surface area contributed by atoms with Crippen LogP contribution in [0.15, 0.2) is 0 Å². The van der Waals surface area contributed by atoms with Crippen molar-refractivity contribution in [2.45, 2.75) is 44.8 Å². The van der Waals surface area contributed by atoms with Crippen molar-refractivity contribution in [2.75, 3.05) is 26.2 Å². The molecular weight excluding hydrogens is 311 g/mol. The summed E-state index contributed by atoms with van der Waals surface area (Å²) < 4.78 is 37.9. The van der Waals surface area contributed by atoms with E-state index in [1.165, 1.54) is 0 Å². The van der Waals surface area contributed by atoms with Crippen molar-refractivity contribution in [3.8, 4) is 0 Å². The van der Waals surface area contributed by atoms with E-state index in [-0.39, 0.29) is 18.7 Å². The van der Waals surface area contributed by atoms with Gasteiger partial charge in [-0.1, -0.05) is 6.92 Å². The quantitative estimate of drug-likeness (QED) is 0.761. The number of piperidine rings is 2. The zero-order chi connectivity index (χ0) is 17.0. The fourth-order valence-corrected chi connectivity index (χ4v) is 3.22. The maximum Gasteiger partial charge on any atom is 0.408 e. The molecule has 0 aliphatic carbocycles. The fourth-order valence-electron chi connectivity index (χ4n) is 3.22. The summed E-state index contributed by atoms with van der Waals surface area (Å²) in [5.41, 5.74) is 0. The molecule has 2 heterocycles. The van der Waals surface area contributed by atoms with E-state index in [4.69, 9.17) is 0 Å². The van der Waals surface area contributed by atoms with E-state index in [1.807, 2.05) is 12.2 Å². The van der Waals surface area contributed by atoms with E-state index in [2.05, 4.69) is 5.32 Å². The fraction of sp³-hybridized carbons (Fsp3) is 0.867. The second kappa shape index (κ2) is 7.51. The summed E-state index contributed by atoms with van der Waals surface area (Å²) in [7, 11) is 0. The minimum Gasteiger partial charge on any atom is -0.344 e. The van der Waals surface area contributed by atoms with Crippen molar-refractivity contribution in [3.05, 3.63) is 0 Å². The van der Waals surface area contributed by atoms with Crippen LogP contribution in [0.5, 0.6) is 0 Å². The molecule has 2 unspecified atom stereocenters. The molecule has 5 nitrogen and oxygen atoms in total. The van der Waals surface area contributed by atoms with Gasteiger partial charge in [0.2, 0.25) is 11.8 Å². The monoisotopic (exact) mass is 335 g/mol. The molecule has 0 spiro atoms. The van der Waals surface area contributed by atoms with E-state index in [0.29, 0.717) is 19.0 Å². The summed E-state index contributed by atoms with van der Waals surface area (Å²) in [5.74, 6) is -1.59. The van der Waals surface area contributed by atoms with Crippen LogP contribution in [-0.2, 0) is 9.59 Å². The van der Waals surface area contributed by atoms with Gasteiger partial charge in [-0.05, 0) is 44.7 Å². The van der Waals surface area contributed by atoms with Crippen LogP contribution >= 0.6 is 0 Å². The van der Waals surface area contributed by atoms with Crippen LogP contribution in [0.4, 0.5) is 13.2 Å². The van der Waals surface area contributed by atoms with E-state index in [1.54, 1.807) is 4.90 Å². The van der Waals surface area contributed by atoms with Crippen LogP contribution in [0.3, 0.4) is 0 Å². The summed E-state index contributed by atoms with van der Waals surface area (Å²) in [6.45, 7) is 4.99. The third kappa shape index (κ3) is 4.59. The molecule has 0 aromatic rings. The first-order valence-electron chi connectivity index (χ1n) is 8.19. The van der Waals surface area contributed by atoms with Gasteiger partial charge in [-0.2, -0.15) is 13.2 Å². The van der Waals surface area contributed by atoms with Gasteiger partial charge in [0.1, 0.15) is 12.0 Å². The molecule has 2 fully saturated rings. The van der Waals surface area contributed by atoms with Crippen LogP contribution in [0.2, 0.25) is 0 Å². The zero-order valence-corrected chi connectivity index (χ0v) is 13.3. The Bertz CT molecular complexity index is 434. The molecule has 0 bridgehead atoms. The Kier molecular flexibility index (Phi) is 5.89. The first-order chi connectivity index (χ1) is 10.8. The Morgan fingerprint density at radius 3 is 2.43 bits per heavy atom. The predicted octanol–water partition coefficient (Wildman–Crippen LogP) is 1.29. The highest BCUT2D eigenvalue weighted by Gasteiger charge is 2.46. The lowest BCUT2D eigenvalue weighted by Gasteiger charge is -2.36. The summed E-state index contributed by atoms with van der Waals surface area (Å²) >= 11 is 0. The number of amides is 2. The standard InChI is InChI=1S/C15H24F3N3O2/c1-2-19-9-10-5-7-21(8-6-10)14(23)11-3-4-12(15(16,17)18)20-13(11)22/h10-12,19H,2-9H2,1H3,(H,20,22). The minimum absolute atomic E-state index is 0.0356. The summed E-state index contributed by atoms with van der Waals surface area (Å²) in [5, 5.41) is 5.22. The molecule has 0 saturated carbocycles. The van der Waals surface area contributed by atoms with Gasteiger partial charge in [-0.15, -0.1) is 0 Å². The molecule has 0 radical (unpaired) electrons. The van der Waals surface area contributed by atoms with Gasteiger partial charge < -0.3 is 15.5 Å². The molecule has 2 aliphatic heterocycles. The zero-order valence-electron chi connectivity index (χ0n) is 13.3. The number of hydrogen-bond acceptors (Lipinski definition) is 3. The SMILES string of the molecule is CCNCC1CCN(C(=O)C2CCC(C(F)(F)F)NC2=O)CC1. The van der Waals surface area contributed by atoms with E-state index >= 15 is 0 Å². The summed E-state index contributed by atoms with van der Waals surface area (Å²) in [6, 6.07) is -1.83. The predicted molar refractivity (Wildman–Crippen MR) is 78.6 cm³/mol. The van der Waals surface area contributed by atoms with Crippen molar-refractivity contribution < 1.29 is 22.8 Å². The highest BCUT2D eigenvalue weighted by Crippen LogP contribution is 2.29. The van der Waals surface area contributed by atoms with Crippen LogP contribution in [0, 0.1) is 11.8 Å². The second-order valence-electron chi connectivity index (χ2n) is 6.31. The van der Waals surface area contributed by atoms with Crippen molar-refractivity contribution in [2.24, 2.45) is 11.8 Å². The highest BCUT2D eigenvalue weighted by atomic mass is 19.4. The molecule has 2 amide bonds. The summed E-state index contributed by atoms with van der Waals surface area (Å²) in [4.78, 5) is 25.9. The number of carbonyl (C=O) groups excluding carboxylic acids is 2. The number of rotatable bonds is 4. The van der Waals surface area contributed by atoms with Crippen LogP contribution in [-0.4, -0.2) is 55.1 Å². The number of carbonyl (C=O) groups is 2. The molecule has 2 atom stereocenters. The van der Waals surface area contributed by atoms with Gasteiger partial charge in [0.05, 0.1) is 0 Å². The smallest absolute Gasteiger partial charge is 0.344 e. The molecule has 132 valence electrons. The minimum atomic E-state index is -4.45. The molecule has 0 aromatic heterocycles. The molecule has 2 aliphatic rings. The van der Waals surface area contributed by atoms with Crippen LogP contribution < -0.4 is 10.6 Å². The number of nitrogens with one attached hydrogen (secondary N) is 2. The topological polar surface area (TPSA) is 61.4 Å². The van der Waals surface area contributed by atoms with Crippen molar-refractivity contribution in [3.63, 3.8) is 0 Å². The van der Waals surface area contributed by atoms with E-state index in [9.17, 15) is 22.8 Å². The normalized spacial score (nSPS) is 27.0. The second-order valence-corrected chi connectivity index (χ2v) is 6.31. The molecule has 0 aromatic carbocycles. The Morgan fingerprint density at radius 1 is 1.26 bits per heavy atom. The first kappa shape index (κ1) is 18.0. The Morgan fingerprint density at radius 2 is 1.91 bits per heavy atom. The average molecular weight is 335 g/mol. The number of likely N-dealkylation sites (tertiary alicyclic amines) is 1. The number of halogens is 3. The maximum absolute atomic E-state index is 12.6. The van der Waals surface area contributed by atoms with Crippen LogP contribution in [0.25, 0.3) is 0 Å². The van der Waals surface area contributed by atoms with Gasteiger partial charge in [0.25, 0.3) is 0 Å². The van der Waals surface area contributed by atoms with E-state index in [0.717, 1.165) is 25.9 Å². The number of alkyl halides is 3. The first-order valence-corrected chi connectivity index (χ1v) is 8.19. The molecule has 2 rings (SSSR count). The highest BCUT2D eigenvalue weighted by molar-refractivity contribution is 6.00. The Hall–Kier alpha value is -1.31. The van der Waals surface area contributed by atoms with Crippen molar-refractivity contribution in [1.82, 2.24) is 15.5 Å². The lowest BCUT2D eigenvalue weighted by atomic mass is 9.90. The van der Waals surface area contributed by atoms with Crippen molar-refractivity contribution in [1.29, 1.82) is 0 Å². The van der Waals surface area contributed by atoms with Crippen molar-refractivity contribution >= 4 is 11.8 Å². The van der Waals surface area contributed by atoms with Gasteiger partial charge in [-0.25, -0.2) is 0 Å². The molecule has 23 heavy (non-hydrogen) atoms. The van der Waals surface area contributed by atoms with Crippen LogP contribution in [0.1, 0.15) is 32.6 Å². The maximum atomic E-state index is 12.6. The average Bonchev–Trinajstić information content (AvgIpc) is 2.52. The molecule has 2 saturated heterocycles. The molecular formula is C15H24F3N3O2. The molecule has 2 N–H and O–H groups in total. The third-order valence-corrected chi connectivity index (χ3v) is 4.68. The van der Waals surface area contributed by atoms with Gasteiger partial charge in [0.15, 0.2) is 0 Å². The van der Waals surface area contributed by atoms with Gasteiger partial charge >= 0.3 is 6.18 Å². The Balaban J connectivity index is 1.84.